The Hall–Kier alpha value is -2.42. The lowest BCUT2D eigenvalue weighted by molar-refractivity contribution is 0.0526. The number of carbonyl (C=O) groups excluding carboxylic acids is 1. The van der Waals surface area contributed by atoms with Crippen molar-refractivity contribution >= 4 is 16.0 Å². The second-order valence-corrected chi connectivity index (χ2v) is 9.40. The Morgan fingerprint density at radius 3 is 2.50 bits per heavy atom. The zero-order chi connectivity index (χ0) is 21.1. The Morgan fingerprint density at radius 2 is 1.80 bits per heavy atom. The first-order valence-electron chi connectivity index (χ1n) is 10.2. The van der Waals surface area contributed by atoms with E-state index in [0.29, 0.717) is 31.7 Å². The van der Waals surface area contributed by atoms with E-state index in [0.717, 1.165) is 25.3 Å². The van der Waals surface area contributed by atoms with E-state index < -0.39 is 16.0 Å². The van der Waals surface area contributed by atoms with Gasteiger partial charge in [0.25, 0.3) is 0 Å². The van der Waals surface area contributed by atoms with Crippen molar-refractivity contribution in [2.75, 3.05) is 39.4 Å². The molecule has 0 atom stereocenters. The van der Waals surface area contributed by atoms with Gasteiger partial charge in [-0.1, -0.05) is 12.1 Å². The number of carbonyl (C=O) groups is 1. The van der Waals surface area contributed by atoms with E-state index >= 15 is 0 Å². The van der Waals surface area contributed by atoms with Crippen LogP contribution in [0.3, 0.4) is 0 Å². The van der Waals surface area contributed by atoms with Gasteiger partial charge in [-0.2, -0.15) is 4.31 Å². The second kappa shape index (κ2) is 8.75. The van der Waals surface area contributed by atoms with Crippen LogP contribution in [0, 0.1) is 0 Å². The van der Waals surface area contributed by atoms with Crippen molar-refractivity contribution in [1.82, 2.24) is 9.21 Å². The number of nitrogens with zero attached hydrogens (tertiary/aromatic N) is 2. The Bertz CT molecular complexity index is 1010. The molecule has 0 unspecified atom stereocenters. The molecule has 0 saturated carbocycles. The summed E-state index contributed by atoms with van der Waals surface area (Å²) in [7, 11) is -3.58. The molecule has 1 fully saturated rings. The van der Waals surface area contributed by atoms with Gasteiger partial charge in [-0.15, -0.1) is 0 Å². The first-order chi connectivity index (χ1) is 14.5. The fraction of sp³-hybridized carbons (Fsp3) is 0.409. The largest absolute Gasteiger partial charge is 0.493 e. The quantitative estimate of drug-likeness (QED) is 0.655. The van der Waals surface area contributed by atoms with Crippen LogP contribution in [0.1, 0.15) is 28.4 Å². The molecule has 7 nitrogen and oxygen atoms in total. The Balaban J connectivity index is 1.36. The monoisotopic (exact) mass is 430 g/mol. The number of esters is 1. The van der Waals surface area contributed by atoms with Crippen LogP contribution < -0.4 is 4.74 Å². The van der Waals surface area contributed by atoms with Crippen molar-refractivity contribution in [2.24, 2.45) is 0 Å². The summed E-state index contributed by atoms with van der Waals surface area (Å²) in [6, 6.07) is 12.2. The maximum absolute atomic E-state index is 13.0. The molecule has 8 heteroatoms. The fourth-order valence-electron chi connectivity index (χ4n) is 3.85. The summed E-state index contributed by atoms with van der Waals surface area (Å²) in [6.07, 6.45) is 0.949. The molecule has 0 aliphatic carbocycles. The van der Waals surface area contributed by atoms with E-state index in [1.54, 1.807) is 6.92 Å². The lowest BCUT2D eigenvalue weighted by atomic mass is 10.1. The molecule has 0 bridgehead atoms. The zero-order valence-corrected chi connectivity index (χ0v) is 17.9. The molecule has 4 rings (SSSR count). The number of fused-ring (bicyclic) bond motifs is 1. The molecular formula is C22H26N2O5S. The standard InChI is InChI=1S/C22H26N2O5S/c1-2-28-22(25)18-4-6-20(7-5-18)30(26,27)24-12-10-23(11-13-24)16-17-3-8-21-19(15-17)9-14-29-21/h3-8,15H,2,9-14,16H2,1H3. The Morgan fingerprint density at radius 1 is 1.07 bits per heavy atom. The van der Waals surface area contributed by atoms with Crippen molar-refractivity contribution in [3.8, 4) is 5.75 Å². The second-order valence-electron chi connectivity index (χ2n) is 7.47. The highest BCUT2D eigenvalue weighted by Gasteiger charge is 2.28. The summed E-state index contributed by atoms with van der Waals surface area (Å²) in [6.45, 7) is 5.79. The first kappa shape index (κ1) is 20.8. The average Bonchev–Trinajstić information content (AvgIpc) is 3.22. The molecule has 0 radical (unpaired) electrons. The number of hydrogen-bond acceptors (Lipinski definition) is 6. The third-order valence-electron chi connectivity index (χ3n) is 5.49. The van der Waals surface area contributed by atoms with Crippen molar-refractivity contribution in [3.63, 3.8) is 0 Å². The van der Waals surface area contributed by atoms with Gasteiger partial charge in [0.2, 0.25) is 10.0 Å². The molecular weight excluding hydrogens is 404 g/mol. The normalized spacial score (nSPS) is 17.4. The van der Waals surface area contributed by atoms with Gasteiger partial charge in [0.1, 0.15) is 5.75 Å². The van der Waals surface area contributed by atoms with Crippen LogP contribution in [0.4, 0.5) is 0 Å². The fourth-order valence-corrected chi connectivity index (χ4v) is 5.27. The van der Waals surface area contributed by atoms with E-state index in [4.69, 9.17) is 9.47 Å². The Kier molecular flexibility index (Phi) is 6.08. The lowest BCUT2D eigenvalue weighted by Crippen LogP contribution is -2.48. The molecule has 0 amide bonds. The highest BCUT2D eigenvalue weighted by atomic mass is 32.2. The maximum atomic E-state index is 13.0. The number of benzene rings is 2. The van der Waals surface area contributed by atoms with Gasteiger partial charge in [0.05, 0.1) is 23.7 Å². The van der Waals surface area contributed by atoms with E-state index in [9.17, 15) is 13.2 Å². The highest BCUT2D eigenvalue weighted by Crippen LogP contribution is 2.27. The van der Waals surface area contributed by atoms with Gasteiger partial charge < -0.3 is 9.47 Å². The van der Waals surface area contributed by atoms with Crippen LogP contribution in [0.15, 0.2) is 47.4 Å². The zero-order valence-electron chi connectivity index (χ0n) is 17.0. The number of sulfonamides is 1. The van der Waals surface area contributed by atoms with Crippen LogP contribution in [0.5, 0.6) is 5.75 Å². The third-order valence-corrected chi connectivity index (χ3v) is 7.41. The van der Waals surface area contributed by atoms with E-state index in [1.807, 2.05) is 6.07 Å². The molecule has 0 spiro atoms. The molecule has 2 aromatic carbocycles. The summed E-state index contributed by atoms with van der Waals surface area (Å²) in [4.78, 5) is 14.2. The van der Waals surface area contributed by atoms with Crippen LogP contribution in [0.2, 0.25) is 0 Å². The average molecular weight is 431 g/mol. The van der Waals surface area contributed by atoms with Crippen LogP contribution in [0.25, 0.3) is 0 Å². The number of ether oxygens (including phenoxy) is 2. The number of rotatable bonds is 6. The van der Waals surface area contributed by atoms with Gasteiger partial charge >= 0.3 is 5.97 Å². The summed E-state index contributed by atoms with van der Waals surface area (Å²) >= 11 is 0. The molecule has 1 saturated heterocycles. The van der Waals surface area contributed by atoms with Gasteiger partial charge in [-0.05, 0) is 48.4 Å². The van der Waals surface area contributed by atoms with Crippen LogP contribution in [-0.4, -0.2) is 63.0 Å². The third kappa shape index (κ3) is 4.35. The molecule has 2 aromatic rings. The minimum absolute atomic E-state index is 0.197. The summed E-state index contributed by atoms with van der Waals surface area (Å²) in [5, 5.41) is 0. The van der Waals surface area contributed by atoms with E-state index in [-0.39, 0.29) is 11.5 Å². The summed E-state index contributed by atoms with van der Waals surface area (Å²) in [5.41, 5.74) is 2.82. The SMILES string of the molecule is CCOC(=O)c1ccc(S(=O)(=O)N2CCN(Cc3ccc4c(c3)CCO4)CC2)cc1. The van der Waals surface area contributed by atoms with Gasteiger partial charge in [0.15, 0.2) is 0 Å². The predicted octanol–water partition coefficient (Wildman–Crippen LogP) is 2.30. The molecule has 30 heavy (non-hydrogen) atoms. The molecule has 2 heterocycles. The van der Waals surface area contributed by atoms with Gasteiger partial charge in [-0.3, -0.25) is 4.90 Å². The minimum atomic E-state index is -3.58. The van der Waals surface area contributed by atoms with Gasteiger partial charge in [-0.25, -0.2) is 13.2 Å². The molecule has 160 valence electrons. The first-order valence-corrected chi connectivity index (χ1v) is 11.7. The van der Waals surface area contributed by atoms with E-state index in [1.165, 1.54) is 39.7 Å². The van der Waals surface area contributed by atoms with E-state index in [2.05, 4.69) is 17.0 Å². The number of piperazine rings is 1. The van der Waals surface area contributed by atoms with Crippen LogP contribution in [-0.2, 0) is 27.7 Å². The minimum Gasteiger partial charge on any atom is -0.493 e. The topological polar surface area (TPSA) is 76.2 Å². The molecule has 0 aromatic heterocycles. The molecule has 2 aliphatic rings. The molecule has 2 aliphatic heterocycles. The summed E-state index contributed by atoms with van der Waals surface area (Å²) < 4.78 is 37.9. The van der Waals surface area contributed by atoms with Crippen molar-refractivity contribution < 1.29 is 22.7 Å². The lowest BCUT2D eigenvalue weighted by Gasteiger charge is -2.34. The van der Waals surface area contributed by atoms with Crippen molar-refractivity contribution in [2.45, 2.75) is 24.8 Å². The van der Waals surface area contributed by atoms with Crippen LogP contribution >= 0.6 is 0 Å². The predicted molar refractivity (Wildman–Crippen MR) is 112 cm³/mol. The Labute approximate surface area is 177 Å². The van der Waals surface area contributed by atoms with Crippen molar-refractivity contribution in [1.29, 1.82) is 0 Å². The van der Waals surface area contributed by atoms with Gasteiger partial charge in [0, 0.05) is 39.1 Å². The summed E-state index contributed by atoms with van der Waals surface area (Å²) in [5.74, 6) is 0.525. The smallest absolute Gasteiger partial charge is 0.338 e. The molecule has 0 N–H and O–H groups in total. The highest BCUT2D eigenvalue weighted by molar-refractivity contribution is 7.89. The van der Waals surface area contributed by atoms with Crippen molar-refractivity contribution in [3.05, 3.63) is 59.2 Å². The maximum Gasteiger partial charge on any atom is 0.338 e. The number of hydrogen-bond donors (Lipinski definition) is 0.